The topological polar surface area (TPSA) is 77.9 Å². The van der Waals surface area contributed by atoms with E-state index in [9.17, 15) is 13.2 Å². The summed E-state index contributed by atoms with van der Waals surface area (Å²) in [5, 5.41) is 8.94. The van der Waals surface area contributed by atoms with Gasteiger partial charge >= 0.3 is 0 Å². The van der Waals surface area contributed by atoms with Gasteiger partial charge in [0.2, 0.25) is 15.9 Å². The van der Waals surface area contributed by atoms with Gasteiger partial charge in [0.15, 0.2) is 0 Å². The summed E-state index contributed by atoms with van der Waals surface area (Å²) in [6.07, 6.45) is 2.75. The van der Waals surface area contributed by atoms with E-state index in [-0.39, 0.29) is 12.5 Å². The van der Waals surface area contributed by atoms with E-state index < -0.39 is 10.0 Å². The zero-order valence-electron chi connectivity index (χ0n) is 14.1. The molecule has 6 nitrogen and oxygen atoms in total. The van der Waals surface area contributed by atoms with Gasteiger partial charge in [0.05, 0.1) is 11.5 Å². The molecular weight excluding hydrogens is 328 g/mol. The lowest BCUT2D eigenvalue weighted by Crippen LogP contribution is -2.33. The third-order valence-corrected chi connectivity index (χ3v) is 6.27. The fourth-order valence-electron chi connectivity index (χ4n) is 2.89. The molecule has 0 saturated carbocycles. The molecule has 1 aromatic carbocycles. The average Bonchev–Trinajstić information content (AvgIpc) is 3.13. The van der Waals surface area contributed by atoms with Crippen LogP contribution >= 0.6 is 0 Å². The number of aliphatic hydroxyl groups excluding tert-OH is 1. The van der Waals surface area contributed by atoms with Gasteiger partial charge in [-0.25, -0.2) is 8.42 Å². The molecule has 1 heterocycles. The fraction of sp³-hybridized carbons (Fsp3) is 0.588. The minimum atomic E-state index is -3.38. The number of likely N-dealkylation sites (N-methyl/N-ethyl adjacent to an activating group) is 1. The molecule has 1 amide bonds. The van der Waals surface area contributed by atoms with Crippen molar-refractivity contribution in [1.29, 1.82) is 0 Å². The minimum Gasteiger partial charge on any atom is -0.395 e. The largest absolute Gasteiger partial charge is 0.395 e. The highest BCUT2D eigenvalue weighted by Crippen LogP contribution is 2.21. The summed E-state index contributed by atoms with van der Waals surface area (Å²) in [4.78, 5) is 14.0. The highest BCUT2D eigenvalue weighted by atomic mass is 32.2. The number of hydrogen-bond donors (Lipinski definition) is 1. The first-order valence-electron chi connectivity index (χ1n) is 8.46. The molecule has 134 valence electrons. The second-order valence-electron chi connectivity index (χ2n) is 5.95. The molecule has 0 atom stereocenters. The van der Waals surface area contributed by atoms with Gasteiger partial charge in [-0.1, -0.05) is 12.1 Å². The number of nitrogens with zero attached hydrogens (tertiary/aromatic N) is 2. The van der Waals surface area contributed by atoms with Crippen molar-refractivity contribution in [3.05, 3.63) is 29.8 Å². The Kier molecular flexibility index (Phi) is 6.77. The van der Waals surface area contributed by atoms with Crippen molar-refractivity contribution >= 4 is 15.9 Å². The second-order valence-corrected chi connectivity index (χ2v) is 7.89. The van der Waals surface area contributed by atoms with Crippen LogP contribution in [0.15, 0.2) is 29.2 Å². The fourth-order valence-corrected chi connectivity index (χ4v) is 4.41. The molecule has 1 aliphatic heterocycles. The van der Waals surface area contributed by atoms with Crippen LogP contribution in [0.2, 0.25) is 0 Å². The Balaban J connectivity index is 1.96. The molecule has 24 heavy (non-hydrogen) atoms. The number of aliphatic hydroxyl groups is 1. The lowest BCUT2D eigenvalue weighted by atomic mass is 10.1. The number of benzene rings is 1. The van der Waals surface area contributed by atoms with Crippen LogP contribution in [0.4, 0.5) is 0 Å². The number of rotatable bonds is 8. The summed E-state index contributed by atoms with van der Waals surface area (Å²) in [6.45, 7) is 3.95. The first-order valence-corrected chi connectivity index (χ1v) is 9.90. The summed E-state index contributed by atoms with van der Waals surface area (Å²) >= 11 is 0. The Morgan fingerprint density at radius 1 is 1.21 bits per heavy atom. The van der Waals surface area contributed by atoms with Crippen molar-refractivity contribution in [1.82, 2.24) is 9.21 Å². The number of aryl methyl sites for hydroxylation is 1. The summed E-state index contributed by atoms with van der Waals surface area (Å²) in [5.74, 6) is 0.000291. The standard InChI is InChI=1S/C17H26N2O4S/c1-2-18(13-14-20)17(21)10-7-15-5-8-16(9-6-15)24(22,23)19-11-3-4-12-19/h5-6,8-9,20H,2-4,7,10-14H2,1H3. The third kappa shape index (κ3) is 4.55. The number of amides is 1. The van der Waals surface area contributed by atoms with Crippen LogP contribution in [0.1, 0.15) is 31.7 Å². The molecule has 0 aromatic heterocycles. The van der Waals surface area contributed by atoms with Crippen LogP contribution in [-0.2, 0) is 21.2 Å². The quantitative estimate of drug-likeness (QED) is 0.762. The van der Waals surface area contributed by atoms with Crippen LogP contribution in [0.5, 0.6) is 0 Å². The van der Waals surface area contributed by atoms with Crippen molar-refractivity contribution in [3.8, 4) is 0 Å². The van der Waals surface area contributed by atoms with Crippen LogP contribution < -0.4 is 0 Å². The number of carbonyl (C=O) groups excluding carboxylic acids is 1. The van der Waals surface area contributed by atoms with Gasteiger partial charge in [-0.3, -0.25) is 4.79 Å². The summed E-state index contributed by atoms with van der Waals surface area (Å²) in [5.41, 5.74) is 0.934. The van der Waals surface area contributed by atoms with E-state index in [1.807, 2.05) is 6.92 Å². The van der Waals surface area contributed by atoms with Gasteiger partial charge in [-0.2, -0.15) is 4.31 Å². The highest BCUT2D eigenvalue weighted by Gasteiger charge is 2.26. The van der Waals surface area contributed by atoms with E-state index in [0.29, 0.717) is 43.9 Å². The van der Waals surface area contributed by atoms with Crippen LogP contribution in [-0.4, -0.2) is 61.4 Å². The van der Waals surface area contributed by atoms with E-state index in [1.54, 1.807) is 29.2 Å². The number of hydrogen-bond acceptors (Lipinski definition) is 4. The lowest BCUT2D eigenvalue weighted by Gasteiger charge is -2.19. The first kappa shape index (κ1) is 18.9. The van der Waals surface area contributed by atoms with E-state index >= 15 is 0 Å². The normalized spacial score (nSPS) is 15.6. The van der Waals surface area contributed by atoms with Crippen molar-refractivity contribution in [2.24, 2.45) is 0 Å². The molecule has 1 aromatic rings. The Labute approximate surface area is 144 Å². The Morgan fingerprint density at radius 3 is 2.38 bits per heavy atom. The zero-order chi connectivity index (χ0) is 17.6. The molecule has 1 N–H and O–H groups in total. The highest BCUT2D eigenvalue weighted by molar-refractivity contribution is 7.89. The van der Waals surface area contributed by atoms with E-state index in [1.165, 1.54) is 4.31 Å². The van der Waals surface area contributed by atoms with Crippen LogP contribution in [0.3, 0.4) is 0 Å². The summed E-state index contributed by atoms with van der Waals surface area (Å²) < 4.78 is 26.4. The monoisotopic (exact) mass is 354 g/mol. The second kappa shape index (κ2) is 8.60. The van der Waals surface area contributed by atoms with Gasteiger partial charge in [0.1, 0.15) is 0 Å². The predicted molar refractivity (Wildman–Crippen MR) is 92.1 cm³/mol. The summed E-state index contributed by atoms with van der Waals surface area (Å²) in [7, 11) is -3.38. The van der Waals surface area contributed by atoms with Crippen LogP contribution in [0.25, 0.3) is 0 Å². The van der Waals surface area contributed by atoms with E-state index in [0.717, 1.165) is 18.4 Å². The molecule has 0 radical (unpaired) electrons. The molecule has 2 rings (SSSR count). The van der Waals surface area contributed by atoms with E-state index in [4.69, 9.17) is 5.11 Å². The number of sulfonamides is 1. The lowest BCUT2D eigenvalue weighted by molar-refractivity contribution is -0.131. The molecule has 7 heteroatoms. The molecule has 1 aliphatic rings. The minimum absolute atomic E-state index is 0.000291. The number of carbonyl (C=O) groups is 1. The maximum atomic E-state index is 12.5. The Hall–Kier alpha value is -1.44. The van der Waals surface area contributed by atoms with Crippen molar-refractivity contribution < 1.29 is 18.3 Å². The molecule has 1 fully saturated rings. The van der Waals surface area contributed by atoms with Crippen molar-refractivity contribution in [2.75, 3.05) is 32.8 Å². The smallest absolute Gasteiger partial charge is 0.243 e. The molecule has 0 spiro atoms. The molecular formula is C17H26N2O4S. The molecule has 1 saturated heterocycles. The Morgan fingerprint density at radius 2 is 1.83 bits per heavy atom. The van der Waals surface area contributed by atoms with Crippen LogP contribution in [0, 0.1) is 0 Å². The average molecular weight is 354 g/mol. The molecule has 0 aliphatic carbocycles. The maximum absolute atomic E-state index is 12.5. The Bertz CT molecular complexity index is 637. The maximum Gasteiger partial charge on any atom is 0.243 e. The van der Waals surface area contributed by atoms with Crippen molar-refractivity contribution in [3.63, 3.8) is 0 Å². The molecule has 0 bridgehead atoms. The zero-order valence-corrected chi connectivity index (χ0v) is 15.0. The van der Waals surface area contributed by atoms with Gasteiger partial charge in [0, 0.05) is 32.6 Å². The van der Waals surface area contributed by atoms with Gasteiger partial charge < -0.3 is 10.0 Å². The van der Waals surface area contributed by atoms with Gasteiger partial charge in [-0.05, 0) is 43.9 Å². The molecule has 0 unspecified atom stereocenters. The van der Waals surface area contributed by atoms with Gasteiger partial charge in [-0.15, -0.1) is 0 Å². The third-order valence-electron chi connectivity index (χ3n) is 4.36. The predicted octanol–water partition coefficient (Wildman–Crippen LogP) is 1.24. The first-order chi connectivity index (χ1) is 11.5. The van der Waals surface area contributed by atoms with Gasteiger partial charge in [0.25, 0.3) is 0 Å². The summed E-state index contributed by atoms with van der Waals surface area (Å²) in [6, 6.07) is 6.80. The van der Waals surface area contributed by atoms with E-state index in [2.05, 4.69) is 0 Å². The van der Waals surface area contributed by atoms with Crippen molar-refractivity contribution in [2.45, 2.75) is 37.5 Å². The SMILES string of the molecule is CCN(CCO)C(=O)CCc1ccc(S(=O)(=O)N2CCCC2)cc1.